The number of benzene rings is 1. The van der Waals surface area contributed by atoms with Gasteiger partial charge in [-0.15, -0.1) is 0 Å². The Labute approximate surface area is 274 Å². The summed E-state index contributed by atoms with van der Waals surface area (Å²) in [7, 11) is 5.20. The number of nitrogens with zero attached hydrogens (tertiary/aromatic N) is 4. The van der Waals surface area contributed by atoms with Gasteiger partial charge in [0.15, 0.2) is 0 Å². The maximum atomic E-state index is 14.4. The summed E-state index contributed by atoms with van der Waals surface area (Å²) in [5, 5.41) is 4.35. The molecule has 1 N–H and O–H groups in total. The van der Waals surface area contributed by atoms with Gasteiger partial charge in [0.25, 0.3) is 13.0 Å². The molecule has 1 aromatic heterocycles. The molecule has 0 aliphatic heterocycles. The van der Waals surface area contributed by atoms with Crippen LogP contribution in [-0.4, -0.2) is 63.3 Å². The minimum Gasteiger partial charge on any atom is -0.385 e. The summed E-state index contributed by atoms with van der Waals surface area (Å²) in [6.45, 7) is 20.2. The van der Waals surface area contributed by atoms with E-state index in [-0.39, 0.29) is 19.3 Å². The van der Waals surface area contributed by atoms with Crippen LogP contribution in [0.25, 0.3) is 4.85 Å². The highest BCUT2D eigenvalue weighted by molar-refractivity contribution is 7.64. The molecule has 1 aromatic carbocycles. The van der Waals surface area contributed by atoms with Crippen LogP contribution >= 0.6 is 7.92 Å². The van der Waals surface area contributed by atoms with Crippen LogP contribution in [0.15, 0.2) is 101 Å². The third-order valence-electron chi connectivity index (χ3n) is 6.41. The van der Waals surface area contributed by atoms with E-state index < -0.39 is 18.3 Å². The summed E-state index contributed by atoms with van der Waals surface area (Å²) in [5.41, 5.74) is 3.20. The molecule has 46 heavy (non-hydrogen) atoms. The predicted molar refractivity (Wildman–Crippen MR) is 192 cm³/mol. The van der Waals surface area contributed by atoms with E-state index in [1.54, 1.807) is 51.5 Å². The van der Waals surface area contributed by atoms with Crippen molar-refractivity contribution in [1.29, 1.82) is 0 Å². The fraction of sp³-hybridized carbons (Fsp3) is 0.361. The minimum atomic E-state index is -2.77. The molecule has 6 nitrogen and oxygen atoms in total. The van der Waals surface area contributed by atoms with Crippen LogP contribution in [0.2, 0.25) is 0 Å². The number of pyridine rings is 1. The largest absolute Gasteiger partial charge is 0.385 e. The summed E-state index contributed by atoms with van der Waals surface area (Å²) in [6, 6.07) is 11.0. The molecule has 0 amide bonds. The lowest BCUT2D eigenvalue weighted by atomic mass is 10.0. The lowest BCUT2D eigenvalue weighted by molar-refractivity contribution is 0.146. The number of ether oxygens (including phenoxy) is 1. The van der Waals surface area contributed by atoms with E-state index in [0.29, 0.717) is 29.1 Å². The van der Waals surface area contributed by atoms with E-state index in [9.17, 15) is 13.2 Å². The molecule has 0 aliphatic carbocycles. The number of nitrogens with one attached hydrogen (secondary N) is 1. The van der Waals surface area contributed by atoms with Crippen LogP contribution in [0, 0.1) is 13.5 Å². The Morgan fingerprint density at radius 3 is 2.48 bits per heavy atom. The highest BCUT2D eigenvalue weighted by Gasteiger charge is 2.18. The first-order chi connectivity index (χ1) is 21.9. The van der Waals surface area contributed by atoms with Crippen LogP contribution in [0.4, 0.5) is 18.9 Å². The number of hydrogen-bond acceptors (Lipinski definition) is 5. The Hall–Kier alpha value is -3.99. The van der Waals surface area contributed by atoms with Gasteiger partial charge in [0.05, 0.1) is 23.5 Å². The molecule has 0 fully saturated rings. The fourth-order valence-electron chi connectivity index (χ4n) is 4.03. The molecule has 0 saturated carbocycles. The van der Waals surface area contributed by atoms with E-state index >= 15 is 0 Å². The number of aryl methyl sites for hydroxylation is 1. The van der Waals surface area contributed by atoms with Gasteiger partial charge in [0, 0.05) is 45.8 Å². The third-order valence-corrected chi connectivity index (χ3v) is 7.72. The van der Waals surface area contributed by atoms with Gasteiger partial charge in [-0.3, -0.25) is 4.99 Å². The molecule has 0 aliphatic rings. The van der Waals surface area contributed by atoms with Crippen LogP contribution in [0.3, 0.4) is 0 Å². The first-order valence-corrected chi connectivity index (χ1v) is 17.1. The summed E-state index contributed by atoms with van der Waals surface area (Å²) in [5.74, 6) is -0.569. The van der Waals surface area contributed by atoms with Crippen molar-refractivity contribution in [3.63, 3.8) is 0 Å². The van der Waals surface area contributed by atoms with Gasteiger partial charge in [-0.05, 0) is 91.3 Å². The van der Waals surface area contributed by atoms with Crippen LogP contribution < -0.4 is 10.6 Å². The van der Waals surface area contributed by atoms with Gasteiger partial charge in [-0.1, -0.05) is 45.7 Å². The second kappa shape index (κ2) is 21.7. The van der Waals surface area contributed by atoms with Gasteiger partial charge >= 0.3 is 6.20 Å². The Kier molecular flexibility index (Phi) is 18.9. The molecule has 0 unspecified atom stereocenters. The first kappa shape index (κ1) is 40.0. The van der Waals surface area contributed by atoms with E-state index in [4.69, 9.17) is 11.3 Å². The molecule has 2 rings (SSSR count). The molecule has 248 valence electrons. The summed E-state index contributed by atoms with van der Waals surface area (Å²) in [4.78, 5) is 14.1. The molecule has 2 aromatic rings. The Morgan fingerprint density at radius 2 is 1.93 bits per heavy atom. The van der Waals surface area contributed by atoms with E-state index in [1.165, 1.54) is 17.6 Å². The van der Waals surface area contributed by atoms with Crippen molar-refractivity contribution in [3.05, 3.63) is 118 Å². The highest BCUT2D eigenvalue weighted by Crippen LogP contribution is 2.27. The molecule has 1 heterocycles. The van der Waals surface area contributed by atoms with Crippen molar-refractivity contribution in [2.24, 2.45) is 4.99 Å². The molecule has 0 spiro atoms. The van der Waals surface area contributed by atoms with Crippen molar-refractivity contribution < 1.29 is 17.9 Å². The molecule has 10 heteroatoms. The van der Waals surface area contributed by atoms with E-state index in [1.807, 2.05) is 31.1 Å². The number of halogens is 3. The number of anilines is 1. The lowest BCUT2D eigenvalue weighted by Crippen LogP contribution is -2.19. The quantitative estimate of drug-likeness (QED) is 0.118. The number of hydrogen-bond donors (Lipinski definition) is 1. The van der Waals surface area contributed by atoms with Gasteiger partial charge in [-0.2, -0.15) is 0 Å². The second-order valence-electron chi connectivity index (χ2n) is 10.7. The number of allylic oxidation sites excluding steroid dienone is 5. The zero-order chi connectivity index (χ0) is 34.6. The number of likely N-dealkylation sites (N-methyl/N-ethyl adjacent to an activating group) is 1. The zero-order valence-corrected chi connectivity index (χ0v) is 29.2. The average Bonchev–Trinajstić information content (AvgIpc) is 3.01. The maximum absolute atomic E-state index is 14.4. The zero-order valence-electron chi connectivity index (χ0n) is 28.3. The van der Waals surface area contributed by atoms with Crippen molar-refractivity contribution >= 4 is 25.1 Å². The van der Waals surface area contributed by atoms with Crippen molar-refractivity contribution in [2.45, 2.75) is 46.2 Å². The maximum Gasteiger partial charge on any atom is 0.315 e. The smallest absolute Gasteiger partial charge is 0.315 e. The molecule has 0 saturated heterocycles. The number of alkyl halides is 2. The van der Waals surface area contributed by atoms with Gasteiger partial charge in [0.1, 0.15) is 11.5 Å². The molecule has 0 radical (unpaired) electrons. The Bertz CT molecular complexity index is 1450. The average molecular weight is 655 g/mol. The molecular formula is C36H48F3N5OP+. The standard InChI is InChI=1S/C32H38F3N5P.C4H10O/c1-9-27(33)18-25(23(3)39-29-15-13-22(2)38-31(29)32(34)35)14-16-30(40(5)6)26(20-36-4)21-37-19-24-11-10-12-28(17-24)41(7)8;1-3-4-5-2/h4,9-18,20-21,23,32,39H,1,19H2,2-3,5-8H3;3-4H2,1-2H3/q+1;/b25-14-,26-20+,27-18+,30-16-,37-21?;/t23-;/m1./s1. The summed E-state index contributed by atoms with van der Waals surface area (Å²) < 4.78 is 46.3. The van der Waals surface area contributed by atoms with Crippen LogP contribution in [0.5, 0.6) is 0 Å². The minimum absolute atomic E-state index is 0.172. The fourth-order valence-corrected chi connectivity index (χ4v) is 4.84. The third kappa shape index (κ3) is 14.4. The number of rotatable bonds is 15. The number of aromatic nitrogens is 1. The van der Waals surface area contributed by atoms with Crippen molar-refractivity contribution in [1.82, 2.24) is 9.88 Å². The predicted octanol–water partition coefficient (Wildman–Crippen LogP) is 9.07. The van der Waals surface area contributed by atoms with E-state index in [0.717, 1.165) is 24.7 Å². The van der Waals surface area contributed by atoms with Crippen molar-refractivity contribution in [3.8, 4) is 6.57 Å². The van der Waals surface area contributed by atoms with Crippen LogP contribution in [0.1, 0.15) is 43.6 Å². The summed E-state index contributed by atoms with van der Waals surface area (Å²) >= 11 is 0. The van der Waals surface area contributed by atoms with E-state index in [2.05, 4.69) is 59.1 Å². The lowest BCUT2D eigenvalue weighted by Gasteiger charge is -2.20. The summed E-state index contributed by atoms with van der Waals surface area (Å²) in [6.07, 6.45) is 7.39. The number of aliphatic imine (C=N–C) groups is 1. The SMILES string of the molecule is C#[N+]/C=C(C=NCc1cccc(P(C)C)c1)/C(=C/C=C(/C=C(/F)C=C)[C@@H](C)Nc1ccc(C)nc1C(F)F)N(C)C.CCCOC. The molecular weight excluding hydrogens is 606 g/mol. The van der Waals surface area contributed by atoms with Gasteiger partial charge in [-0.25, -0.2) is 18.2 Å². The Balaban J connectivity index is 0.00000195. The van der Waals surface area contributed by atoms with Crippen molar-refractivity contribution in [2.75, 3.05) is 46.5 Å². The number of methoxy groups -OCH3 is 1. The monoisotopic (exact) mass is 654 g/mol. The topological polar surface area (TPSA) is 54.1 Å². The highest BCUT2D eigenvalue weighted by atomic mass is 31.1. The normalized spacial score (nSPS) is 13.4. The molecule has 1 atom stereocenters. The Morgan fingerprint density at radius 1 is 1.22 bits per heavy atom. The molecule has 0 bridgehead atoms. The second-order valence-corrected chi connectivity index (χ2v) is 13.0. The van der Waals surface area contributed by atoms with Gasteiger partial charge in [0.2, 0.25) is 0 Å². The van der Waals surface area contributed by atoms with Crippen LogP contribution in [-0.2, 0) is 11.3 Å². The first-order valence-electron chi connectivity index (χ1n) is 14.8. The van der Waals surface area contributed by atoms with Gasteiger partial charge < -0.3 is 15.0 Å².